The Balaban J connectivity index is 1.51. The van der Waals surface area contributed by atoms with Crippen LogP contribution in [0.3, 0.4) is 0 Å². The first-order valence-electron chi connectivity index (χ1n) is 9.61. The average molecular weight is 433 g/mol. The number of aliphatic imine (C=N–C) groups is 1. The molecule has 0 amide bonds. The van der Waals surface area contributed by atoms with Crippen molar-refractivity contribution in [3.05, 3.63) is 65.7 Å². The van der Waals surface area contributed by atoms with Crippen LogP contribution in [0.2, 0.25) is 0 Å². The molecule has 0 aromatic heterocycles. The van der Waals surface area contributed by atoms with Gasteiger partial charge in [0.05, 0.1) is 5.75 Å². The Morgan fingerprint density at radius 1 is 1.07 bits per heavy atom. The van der Waals surface area contributed by atoms with Gasteiger partial charge in [-0.25, -0.2) is 13.1 Å². The Morgan fingerprint density at radius 2 is 1.79 bits per heavy atom. The number of rotatable bonds is 9. The van der Waals surface area contributed by atoms with Crippen LogP contribution in [0.5, 0.6) is 0 Å². The number of hydrogen-bond acceptors (Lipinski definition) is 4. The molecule has 0 heterocycles. The molecule has 0 unspecified atom stereocenters. The average Bonchev–Trinajstić information content (AvgIpc) is 3.48. The summed E-state index contributed by atoms with van der Waals surface area (Å²) in [7, 11) is -0.0892. The van der Waals surface area contributed by atoms with E-state index in [2.05, 4.69) is 44.6 Å². The van der Waals surface area contributed by atoms with E-state index in [0.717, 1.165) is 23.6 Å². The predicted octanol–water partition coefficient (Wildman–Crippen LogP) is 2.73. The van der Waals surface area contributed by atoms with Crippen LogP contribution in [-0.4, -0.2) is 39.8 Å². The Hall–Kier alpha value is -2.03. The zero-order valence-electron chi connectivity index (χ0n) is 16.8. The van der Waals surface area contributed by atoms with E-state index >= 15 is 0 Å². The molecular weight excluding hydrogens is 404 g/mol. The van der Waals surface area contributed by atoms with Gasteiger partial charge in [0.15, 0.2) is 5.96 Å². The second-order valence-corrected chi connectivity index (χ2v) is 10.6. The predicted molar refractivity (Wildman–Crippen MR) is 121 cm³/mol. The molecule has 29 heavy (non-hydrogen) atoms. The molecule has 2 aromatic rings. The van der Waals surface area contributed by atoms with Crippen molar-refractivity contribution >= 4 is 27.7 Å². The summed E-state index contributed by atoms with van der Waals surface area (Å²) in [6.07, 6.45) is 2.39. The maximum Gasteiger partial charge on any atom is 0.215 e. The molecular formula is C21H28N4O2S2. The molecule has 0 atom stereocenters. The minimum absolute atomic E-state index is 0.0243. The van der Waals surface area contributed by atoms with Gasteiger partial charge in [0.25, 0.3) is 0 Å². The summed E-state index contributed by atoms with van der Waals surface area (Å²) in [5.74, 6) is 0.724. The van der Waals surface area contributed by atoms with Crippen LogP contribution in [0, 0.1) is 0 Å². The van der Waals surface area contributed by atoms with Crippen molar-refractivity contribution in [1.29, 1.82) is 0 Å². The van der Waals surface area contributed by atoms with Crippen molar-refractivity contribution in [1.82, 2.24) is 15.4 Å². The number of nitrogens with one attached hydrogen (secondary N) is 3. The van der Waals surface area contributed by atoms with Gasteiger partial charge < -0.3 is 10.6 Å². The molecule has 0 radical (unpaired) electrons. The van der Waals surface area contributed by atoms with E-state index in [1.165, 1.54) is 24.8 Å². The van der Waals surface area contributed by atoms with Crippen molar-refractivity contribution in [3.8, 4) is 0 Å². The van der Waals surface area contributed by atoms with Gasteiger partial charge in [-0.15, -0.1) is 11.8 Å². The van der Waals surface area contributed by atoms with Crippen molar-refractivity contribution in [2.24, 2.45) is 4.99 Å². The fraction of sp³-hybridized carbons (Fsp3) is 0.381. The van der Waals surface area contributed by atoms with E-state index in [1.54, 1.807) is 7.05 Å². The highest BCUT2D eigenvalue weighted by atomic mass is 32.2. The SMILES string of the molecule is CN=C(NCc1cccc(CS(=O)(=O)NC)c1)NCC1(Sc2ccccc2)CC1. The Kier molecular flexibility index (Phi) is 7.21. The lowest BCUT2D eigenvalue weighted by molar-refractivity contribution is 0.587. The number of nitrogens with zero attached hydrogens (tertiary/aromatic N) is 1. The van der Waals surface area contributed by atoms with Gasteiger partial charge in [0, 0.05) is 29.8 Å². The molecule has 2 aromatic carbocycles. The number of guanidine groups is 1. The van der Waals surface area contributed by atoms with Crippen LogP contribution in [0.4, 0.5) is 0 Å². The van der Waals surface area contributed by atoms with Crippen LogP contribution in [0.1, 0.15) is 24.0 Å². The first kappa shape index (κ1) is 21.7. The summed E-state index contributed by atoms with van der Waals surface area (Å²) >= 11 is 1.93. The van der Waals surface area contributed by atoms with Crippen molar-refractivity contribution in [3.63, 3.8) is 0 Å². The minimum Gasteiger partial charge on any atom is -0.355 e. The maximum absolute atomic E-state index is 11.8. The molecule has 1 saturated carbocycles. The van der Waals surface area contributed by atoms with E-state index in [9.17, 15) is 8.42 Å². The van der Waals surface area contributed by atoms with Gasteiger partial charge in [0.1, 0.15) is 0 Å². The fourth-order valence-corrected chi connectivity index (χ4v) is 4.97. The molecule has 0 saturated heterocycles. The van der Waals surface area contributed by atoms with Gasteiger partial charge in [-0.1, -0.05) is 42.5 Å². The van der Waals surface area contributed by atoms with E-state index in [1.807, 2.05) is 42.1 Å². The number of hydrogen-bond donors (Lipinski definition) is 3. The standard InChI is InChI=1S/C21H28N4O2S2/c1-22-20(25-16-21(11-12-21)28-19-9-4-3-5-10-19)24-14-17-7-6-8-18(13-17)15-29(26,27)23-2/h3-10,13,23H,11-12,14-16H2,1-2H3,(H2,22,24,25). The van der Waals surface area contributed by atoms with E-state index < -0.39 is 10.0 Å². The molecule has 3 rings (SSSR count). The first-order valence-corrected chi connectivity index (χ1v) is 12.1. The highest BCUT2D eigenvalue weighted by Gasteiger charge is 2.43. The van der Waals surface area contributed by atoms with Crippen molar-refractivity contribution in [2.75, 3.05) is 20.6 Å². The van der Waals surface area contributed by atoms with Crippen molar-refractivity contribution in [2.45, 2.75) is 34.8 Å². The summed E-state index contributed by atoms with van der Waals surface area (Å²) in [5.41, 5.74) is 1.77. The smallest absolute Gasteiger partial charge is 0.215 e. The monoisotopic (exact) mass is 432 g/mol. The third kappa shape index (κ3) is 6.76. The first-order chi connectivity index (χ1) is 13.9. The number of thioether (sulfide) groups is 1. The molecule has 1 aliphatic rings. The van der Waals surface area contributed by atoms with Crippen LogP contribution in [-0.2, 0) is 22.3 Å². The molecule has 1 fully saturated rings. The molecule has 156 valence electrons. The zero-order valence-corrected chi connectivity index (χ0v) is 18.4. The molecule has 3 N–H and O–H groups in total. The van der Waals surface area contributed by atoms with Gasteiger partial charge in [-0.05, 0) is 43.1 Å². The summed E-state index contributed by atoms with van der Waals surface area (Å²) in [4.78, 5) is 5.61. The van der Waals surface area contributed by atoms with E-state index in [4.69, 9.17) is 0 Å². The Morgan fingerprint density at radius 3 is 2.45 bits per heavy atom. The van der Waals surface area contributed by atoms with E-state index in [0.29, 0.717) is 6.54 Å². The lowest BCUT2D eigenvalue weighted by Gasteiger charge is -2.18. The third-order valence-corrected chi connectivity index (χ3v) is 7.63. The van der Waals surface area contributed by atoms with Gasteiger partial charge in [-0.3, -0.25) is 4.99 Å². The largest absolute Gasteiger partial charge is 0.355 e. The summed E-state index contributed by atoms with van der Waals surface area (Å²) in [6, 6.07) is 18.1. The Labute approximate surface area is 177 Å². The van der Waals surface area contributed by atoms with Crippen LogP contribution >= 0.6 is 11.8 Å². The van der Waals surface area contributed by atoms with Crippen LogP contribution < -0.4 is 15.4 Å². The second-order valence-electron chi connectivity index (χ2n) is 7.16. The topological polar surface area (TPSA) is 82.6 Å². The molecule has 1 aliphatic carbocycles. The fourth-order valence-electron chi connectivity index (χ4n) is 2.97. The third-order valence-electron chi connectivity index (χ3n) is 4.81. The molecule has 0 bridgehead atoms. The summed E-state index contributed by atoms with van der Waals surface area (Å²) < 4.78 is 26.1. The van der Waals surface area contributed by atoms with Crippen LogP contribution in [0.25, 0.3) is 0 Å². The van der Waals surface area contributed by atoms with E-state index in [-0.39, 0.29) is 10.5 Å². The van der Waals surface area contributed by atoms with Crippen LogP contribution in [0.15, 0.2) is 64.5 Å². The molecule has 8 heteroatoms. The quantitative estimate of drug-likeness (QED) is 0.419. The highest BCUT2D eigenvalue weighted by molar-refractivity contribution is 8.01. The lowest BCUT2D eigenvalue weighted by atomic mass is 10.1. The molecule has 6 nitrogen and oxygen atoms in total. The maximum atomic E-state index is 11.8. The molecule has 0 spiro atoms. The van der Waals surface area contributed by atoms with Gasteiger partial charge in [-0.2, -0.15) is 0 Å². The zero-order chi connectivity index (χ0) is 20.7. The van der Waals surface area contributed by atoms with Gasteiger partial charge >= 0.3 is 0 Å². The normalized spacial score (nSPS) is 15.7. The minimum atomic E-state index is -3.28. The highest BCUT2D eigenvalue weighted by Crippen LogP contribution is 2.51. The lowest BCUT2D eigenvalue weighted by Crippen LogP contribution is -2.40. The Bertz CT molecular complexity index is 942. The summed E-state index contributed by atoms with van der Waals surface area (Å²) in [5, 5.41) is 6.76. The number of sulfonamides is 1. The molecule has 0 aliphatic heterocycles. The van der Waals surface area contributed by atoms with Gasteiger partial charge in [0.2, 0.25) is 10.0 Å². The van der Waals surface area contributed by atoms with Crippen molar-refractivity contribution < 1.29 is 8.42 Å². The summed E-state index contributed by atoms with van der Waals surface area (Å²) in [6.45, 7) is 1.43. The number of benzene rings is 2. The second kappa shape index (κ2) is 9.65.